The molecule has 0 saturated heterocycles. The van der Waals surface area contributed by atoms with E-state index in [1.807, 2.05) is 31.2 Å². The zero-order chi connectivity index (χ0) is 19.8. The van der Waals surface area contributed by atoms with Crippen molar-refractivity contribution in [2.75, 3.05) is 0 Å². The first-order chi connectivity index (χ1) is 14.2. The number of rotatable bonds is 4. The van der Waals surface area contributed by atoms with Crippen LogP contribution in [0.5, 0.6) is 5.75 Å². The SMILES string of the molecule is Cc1ccc(COc2ccn(-c3ccc4c5c(oc4c3)CCCC5)c(=O)c2)cn1. The molecule has 4 aromatic rings. The van der Waals surface area contributed by atoms with E-state index in [4.69, 9.17) is 9.15 Å². The third kappa shape index (κ3) is 3.44. The lowest BCUT2D eigenvalue weighted by atomic mass is 9.96. The van der Waals surface area contributed by atoms with Crippen molar-refractivity contribution in [1.29, 1.82) is 0 Å². The minimum atomic E-state index is -0.139. The number of aromatic nitrogens is 2. The van der Waals surface area contributed by atoms with Gasteiger partial charge in [0.15, 0.2) is 0 Å². The number of ether oxygens (including phenoxy) is 1. The first-order valence-electron chi connectivity index (χ1n) is 9.99. The Morgan fingerprint density at radius 1 is 1.10 bits per heavy atom. The molecule has 0 N–H and O–H groups in total. The van der Waals surface area contributed by atoms with Gasteiger partial charge in [0, 0.05) is 53.2 Å². The molecular weight excluding hydrogens is 364 g/mol. The van der Waals surface area contributed by atoms with Crippen LogP contribution in [0.25, 0.3) is 16.7 Å². The van der Waals surface area contributed by atoms with E-state index in [1.54, 1.807) is 23.0 Å². The van der Waals surface area contributed by atoms with Gasteiger partial charge in [-0.05, 0) is 50.5 Å². The maximum atomic E-state index is 12.7. The second-order valence-corrected chi connectivity index (χ2v) is 7.56. The maximum Gasteiger partial charge on any atom is 0.258 e. The number of pyridine rings is 2. The fourth-order valence-electron chi connectivity index (χ4n) is 3.92. The predicted molar refractivity (Wildman–Crippen MR) is 112 cm³/mol. The van der Waals surface area contributed by atoms with E-state index in [0.717, 1.165) is 41.1 Å². The number of nitrogens with zero attached hydrogens (tertiary/aromatic N) is 2. The summed E-state index contributed by atoms with van der Waals surface area (Å²) in [5, 5.41) is 1.17. The molecular formula is C24H22N2O3. The fourth-order valence-corrected chi connectivity index (χ4v) is 3.92. The molecule has 0 unspecified atom stereocenters. The van der Waals surface area contributed by atoms with Crippen LogP contribution in [0.2, 0.25) is 0 Å². The van der Waals surface area contributed by atoms with Gasteiger partial charge in [-0.1, -0.05) is 6.07 Å². The van der Waals surface area contributed by atoms with Crippen LogP contribution >= 0.6 is 0 Å². The van der Waals surface area contributed by atoms with Crippen LogP contribution in [-0.2, 0) is 19.4 Å². The lowest BCUT2D eigenvalue weighted by Gasteiger charge is -2.09. The van der Waals surface area contributed by atoms with Crippen LogP contribution < -0.4 is 10.3 Å². The Morgan fingerprint density at radius 2 is 2.00 bits per heavy atom. The molecule has 3 aromatic heterocycles. The van der Waals surface area contributed by atoms with E-state index >= 15 is 0 Å². The van der Waals surface area contributed by atoms with Gasteiger partial charge in [-0.15, -0.1) is 0 Å². The van der Waals surface area contributed by atoms with Crippen LogP contribution in [0, 0.1) is 6.92 Å². The molecule has 0 atom stereocenters. The minimum Gasteiger partial charge on any atom is -0.489 e. The Balaban J connectivity index is 1.39. The third-order valence-corrected chi connectivity index (χ3v) is 5.49. The third-order valence-electron chi connectivity index (χ3n) is 5.49. The Morgan fingerprint density at radius 3 is 2.83 bits per heavy atom. The molecule has 1 aliphatic carbocycles. The smallest absolute Gasteiger partial charge is 0.258 e. The van der Waals surface area contributed by atoms with E-state index < -0.39 is 0 Å². The highest BCUT2D eigenvalue weighted by Crippen LogP contribution is 2.32. The summed E-state index contributed by atoms with van der Waals surface area (Å²) in [5.41, 5.74) is 4.77. The van der Waals surface area contributed by atoms with Crippen molar-refractivity contribution >= 4 is 11.0 Å². The molecule has 5 heteroatoms. The lowest BCUT2D eigenvalue weighted by Crippen LogP contribution is -2.16. The molecule has 1 aliphatic rings. The number of hydrogen-bond donors (Lipinski definition) is 0. The summed E-state index contributed by atoms with van der Waals surface area (Å²) in [7, 11) is 0. The second kappa shape index (κ2) is 7.24. The number of hydrogen-bond acceptors (Lipinski definition) is 4. The minimum absolute atomic E-state index is 0.139. The molecule has 0 aliphatic heterocycles. The Hall–Kier alpha value is -3.34. The van der Waals surface area contributed by atoms with Crippen molar-refractivity contribution in [3.8, 4) is 11.4 Å². The zero-order valence-electron chi connectivity index (χ0n) is 16.4. The molecule has 0 bridgehead atoms. The highest BCUT2D eigenvalue weighted by atomic mass is 16.5. The first kappa shape index (κ1) is 17.7. The average molecular weight is 386 g/mol. The monoisotopic (exact) mass is 386 g/mol. The molecule has 0 spiro atoms. The Kier molecular flexibility index (Phi) is 4.43. The van der Waals surface area contributed by atoms with Crippen molar-refractivity contribution in [1.82, 2.24) is 9.55 Å². The van der Waals surface area contributed by atoms with E-state index in [2.05, 4.69) is 11.1 Å². The molecule has 29 heavy (non-hydrogen) atoms. The number of furan rings is 1. The van der Waals surface area contributed by atoms with Crippen LogP contribution in [0.3, 0.4) is 0 Å². The van der Waals surface area contributed by atoms with Gasteiger partial charge in [0.05, 0.1) is 5.69 Å². The van der Waals surface area contributed by atoms with Crippen molar-refractivity contribution < 1.29 is 9.15 Å². The second-order valence-electron chi connectivity index (χ2n) is 7.56. The summed E-state index contributed by atoms with van der Waals surface area (Å²) < 4.78 is 13.4. The van der Waals surface area contributed by atoms with Gasteiger partial charge in [-0.2, -0.15) is 0 Å². The van der Waals surface area contributed by atoms with Gasteiger partial charge >= 0.3 is 0 Å². The summed E-state index contributed by atoms with van der Waals surface area (Å²) >= 11 is 0. The number of fused-ring (bicyclic) bond motifs is 3. The van der Waals surface area contributed by atoms with Gasteiger partial charge in [0.25, 0.3) is 5.56 Å². The van der Waals surface area contributed by atoms with Gasteiger partial charge < -0.3 is 9.15 Å². The van der Waals surface area contributed by atoms with Crippen LogP contribution in [0.1, 0.15) is 35.4 Å². The lowest BCUT2D eigenvalue weighted by molar-refractivity contribution is 0.304. The summed E-state index contributed by atoms with van der Waals surface area (Å²) in [6, 6.07) is 13.2. The van der Waals surface area contributed by atoms with Gasteiger partial charge in [-0.25, -0.2) is 0 Å². The molecule has 3 heterocycles. The van der Waals surface area contributed by atoms with Gasteiger partial charge in [0.2, 0.25) is 0 Å². The number of aryl methyl sites for hydroxylation is 3. The largest absolute Gasteiger partial charge is 0.489 e. The Labute approximate surface area is 168 Å². The molecule has 1 aromatic carbocycles. The fraction of sp³-hybridized carbons (Fsp3) is 0.250. The van der Waals surface area contributed by atoms with Crippen molar-refractivity contribution in [3.05, 3.63) is 87.8 Å². The quantitative estimate of drug-likeness (QED) is 0.508. The molecule has 0 saturated carbocycles. The van der Waals surface area contributed by atoms with E-state index in [-0.39, 0.29) is 5.56 Å². The molecule has 0 fully saturated rings. The van der Waals surface area contributed by atoms with Crippen LogP contribution in [-0.4, -0.2) is 9.55 Å². The highest BCUT2D eigenvalue weighted by Gasteiger charge is 2.18. The maximum absolute atomic E-state index is 12.7. The summed E-state index contributed by atoms with van der Waals surface area (Å²) in [6.07, 6.45) is 8.00. The van der Waals surface area contributed by atoms with E-state index in [0.29, 0.717) is 12.4 Å². The zero-order valence-corrected chi connectivity index (χ0v) is 16.4. The molecule has 146 valence electrons. The summed E-state index contributed by atoms with van der Waals surface area (Å²) in [6.45, 7) is 2.32. The molecule has 0 radical (unpaired) electrons. The average Bonchev–Trinajstić information content (AvgIpc) is 3.11. The predicted octanol–water partition coefficient (Wildman–Crippen LogP) is 4.74. The van der Waals surface area contributed by atoms with Gasteiger partial charge in [0.1, 0.15) is 23.7 Å². The normalized spacial score (nSPS) is 13.4. The van der Waals surface area contributed by atoms with Crippen LogP contribution in [0.4, 0.5) is 0 Å². The highest BCUT2D eigenvalue weighted by molar-refractivity contribution is 5.84. The number of benzene rings is 1. The van der Waals surface area contributed by atoms with Gasteiger partial charge in [-0.3, -0.25) is 14.3 Å². The van der Waals surface area contributed by atoms with E-state index in [9.17, 15) is 4.79 Å². The molecule has 5 rings (SSSR count). The van der Waals surface area contributed by atoms with Crippen molar-refractivity contribution in [3.63, 3.8) is 0 Å². The summed E-state index contributed by atoms with van der Waals surface area (Å²) in [4.78, 5) is 16.9. The first-order valence-corrected chi connectivity index (χ1v) is 9.99. The summed E-state index contributed by atoms with van der Waals surface area (Å²) in [5.74, 6) is 1.64. The standard InChI is InChI=1S/C24H22N2O3/c1-16-6-7-17(14-25-16)15-28-19-10-11-26(24(27)13-19)18-8-9-21-20-4-2-3-5-22(20)29-23(21)12-18/h6-14H,2-5,15H2,1H3. The Bertz CT molecular complexity index is 1240. The van der Waals surface area contributed by atoms with Crippen molar-refractivity contribution in [2.45, 2.75) is 39.2 Å². The van der Waals surface area contributed by atoms with Crippen molar-refractivity contribution in [2.24, 2.45) is 0 Å². The van der Waals surface area contributed by atoms with E-state index in [1.165, 1.54) is 29.9 Å². The molecule has 5 nitrogen and oxygen atoms in total. The van der Waals surface area contributed by atoms with Crippen LogP contribution in [0.15, 0.2) is 64.1 Å². The topological polar surface area (TPSA) is 57.3 Å². The molecule has 0 amide bonds.